The minimum atomic E-state index is -0.457. The molecule has 1 amide bonds. The number of amides is 1. The maximum absolute atomic E-state index is 12.2. The number of phenolic OH excluding ortho intramolecular Hbond substituents is 1. The lowest BCUT2D eigenvalue weighted by Crippen LogP contribution is -2.17. The van der Waals surface area contributed by atoms with Gasteiger partial charge in [0.05, 0.1) is 11.9 Å². The molecule has 0 saturated heterocycles. The van der Waals surface area contributed by atoms with Gasteiger partial charge in [-0.3, -0.25) is 4.79 Å². The second-order valence-corrected chi connectivity index (χ2v) is 6.25. The Morgan fingerprint density at radius 2 is 1.96 bits per heavy atom. The Morgan fingerprint density at radius 1 is 1.15 bits per heavy atom. The molecule has 134 valence electrons. The van der Waals surface area contributed by atoms with Crippen molar-refractivity contribution in [3.63, 3.8) is 0 Å². The molecule has 0 spiro atoms. The molecule has 7 heteroatoms. The molecule has 0 fully saturated rings. The molecule has 2 aromatic heterocycles. The number of hydrogen-bond acceptors (Lipinski definition) is 4. The van der Waals surface area contributed by atoms with Crippen LogP contribution in [0.3, 0.4) is 0 Å². The van der Waals surface area contributed by atoms with Gasteiger partial charge in [0.2, 0.25) is 0 Å². The molecule has 4 aromatic rings. The smallest absolute Gasteiger partial charge is 0.307 e. The number of rotatable bonds is 4. The van der Waals surface area contributed by atoms with Crippen molar-refractivity contribution in [3.05, 3.63) is 83.3 Å². The molecule has 6 nitrogen and oxygen atoms in total. The van der Waals surface area contributed by atoms with E-state index in [9.17, 15) is 9.90 Å². The van der Waals surface area contributed by atoms with Gasteiger partial charge in [0, 0.05) is 22.3 Å². The number of carbonyl (C=O) groups is 1. The quantitative estimate of drug-likeness (QED) is 0.408. The predicted molar refractivity (Wildman–Crippen MR) is 104 cm³/mol. The molecule has 4 rings (SSSR count). The van der Waals surface area contributed by atoms with Crippen molar-refractivity contribution in [3.8, 4) is 11.4 Å². The summed E-state index contributed by atoms with van der Waals surface area (Å²) in [7, 11) is 0. The molecule has 2 aromatic carbocycles. The maximum Gasteiger partial charge on any atom is 0.307 e. The second kappa shape index (κ2) is 7.01. The molecule has 0 aliphatic carbocycles. The first-order valence-corrected chi connectivity index (χ1v) is 8.47. The Hall–Kier alpha value is -3.51. The van der Waals surface area contributed by atoms with E-state index in [0.717, 1.165) is 16.8 Å². The van der Waals surface area contributed by atoms with Gasteiger partial charge < -0.3 is 14.1 Å². The number of nitrogens with zero attached hydrogens (tertiary/aromatic N) is 2. The van der Waals surface area contributed by atoms with E-state index >= 15 is 0 Å². The highest BCUT2D eigenvalue weighted by atomic mass is 35.5. The van der Waals surface area contributed by atoms with Gasteiger partial charge in [0.1, 0.15) is 11.3 Å². The van der Waals surface area contributed by atoms with Gasteiger partial charge in [-0.25, -0.2) is 5.43 Å². The maximum atomic E-state index is 12.2. The predicted octanol–water partition coefficient (Wildman–Crippen LogP) is 4.35. The van der Waals surface area contributed by atoms with Gasteiger partial charge in [-0.1, -0.05) is 11.6 Å². The molecule has 0 aliphatic rings. The van der Waals surface area contributed by atoms with E-state index in [1.165, 1.54) is 6.21 Å². The van der Waals surface area contributed by atoms with Crippen LogP contribution in [0.25, 0.3) is 16.7 Å². The largest absolute Gasteiger partial charge is 0.508 e. The van der Waals surface area contributed by atoms with Crippen LogP contribution in [0.2, 0.25) is 5.02 Å². The molecule has 0 bridgehead atoms. The first-order chi connectivity index (χ1) is 13.1. The number of aromatic nitrogens is 1. The average Bonchev–Trinajstić information content (AvgIpc) is 3.29. The summed E-state index contributed by atoms with van der Waals surface area (Å²) in [5.41, 5.74) is 4.65. The zero-order valence-electron chi connectivity index (χ0n) is 14.0. The third-order valence-corrected chi connectivity index (χ3v) is 4.21. The summed E-state index contributed by atoms with van der Waals surface area (Å²) in [5.74, 6) is -0.111. The van der Waals surface area contributed by atoms with Gasteiger partial charge in [-0.15, -0.1) is 0 Å². The number of nitrogens with one attached hydrogen (secondary N) is 1. The lowest BCUT2D eigenvalue weighted by Gasteiger charge is -2.06. The fourth-order valence-electron chi connectivity index (χ4n) is 2.69. The van der Waals surface area contributed by atoms with Gasteiger partial charge in [-0.05, 0) is 60.7 Å². The summed E-state index contributed by atoms with van der Waals surface area (Å²) in [6.07, 6.45) is 3.39. The van der Waals surface area contributed by atoms with Crippen molar-refractivity contribution in [2.75, 3.05) is 0 Å². The van der Waals surface area contributed by atoms with Crippen molar-refractivity contribution in [2.24, 2.45) is 5.10 Å². The molecule has 2 N–H and O–H groups in total. The first-order valence-electron chi connectivity index (χ1n) is 8.09. The Labute approximate surface area is 159 Å². The summed E-state index contributed by atoms with van der Waals surface area (Å²) >= 11 is 5.94. The van der Waals surface area contributed by atoms with Crippen LogP contribution in [0, 0.1) is 0 Å². The number of phenols is 1. The van der Waals surface area contributed by atoms with Gasteiger partial charge in [-0.2, -0.15) is 5.10 Å². The molecular weight excluding hydrogens is 366 g/mol. The Kier molecular flexibility index (Phi) is 4.40. The Balaban J connectivity index is 1.50. The summed E-state index contributed by atoms with van der Waals surface area (Å²) in [6, 6.07) is 17.2. The number of hydrazone groups is 1. The van der Waals surface area contributed by atoms with Crippen LogP contribution in [0.15, 0.2) is 76.4 Å². The van der Waals surface area contributed by atoms with E-state index in [1.807, 2.05) is 22.9 Å². The zero-order chi connectivity index (χ0) is 18.8. The van der Waals surface area contributed by atoms with Crippen LogP contribution in [0.5, 0.6) is 5.75 Å². The number of fused-ring (bicyclic) bond motifs is 1. The topological polar surface area (TPSA) is 79.8 Å². The SMILES string of the molecule is O=C(N/N=C\c1cccn1-c1ccc(O)cc1)c1cc2cc(Cl)ccc2o1. The molecule has 2 heterocycles. The highest BCUT2D eigenvalue weighted by molar-refractivity contribution is 6.31. The second-order valence-electron chi connectivity index (χ2n) is 5.81. The van der Waals surface area contributed by atoms with Gasteiger partial charge in [0.15, 0.2) is 5.76 Å². The van der Waals surface area contributed by atoms with E-state index in [2.05, 4.69) is 10.5 Å². The molecular formula is C20H14ClN3O3. The number of benzene rings is 2. The molecule has 0 aliphatic heterocycles. The van der Waals surface area contributed by atoms with E-state index in [1.54, 1.807) is 48.5 Å². The van der Waals surface area contributed by atoms with Crippen LogP contribution in [-0.2, 0) is 0 Å². The fraction of sp³-hybridized carbons (Fsp3) is 0. The van der Waals surface area contributed by atoms with Crippen molar-refractivity contribution in [1.82, 2.24) is 9.99 Å². The van der Waals surface area contributed by atoms with Crippen LogP contribution in [0.4, 0.5) is 0 Å². The van der Waals surface area contributed by atoms with Crippen molar-refractivity contribution in [2.45, 2.75) is 0 Å². The van der Waals surface area contributed by atoms with Crippen molar-refractivity contribution >= 4 is 34.7 Å². The van der Waals surface area contributed by atoms with Crippen LogP contribution < -0.4 is 5.43 Å². The fourth-order valence-corrected chi connectivity index (χ4v) is 2.87. The van der Waals surface area contributed by atoms with Crippen molar-refractivity contribution in [1.29, 1.82) is 0 Å². The number of carbonyl (C=O) groups excluding carboxylic acids is 1. The van der Waals surface area contributed by atoms with E-state index in [-0.39, 0.29) is 11.5 Å². The Morgan fingerprint density at radius 3 is 2.78 bits per heavy atom. The monoisotopic (exact) mass is 379 g/mol. The standard InChI is InChI=1S/C20H14ClN3O3/c21-14-3-8-18-13(10-14)11-19(27-18)20(26)23-22-12-16-2-1-9-24(16)15-4-6-17(25)7-5-15/h1-12,25H,(H,23,26)/b22-12-. The number of aromatic hydroxyl groups is 1. The summed E-state index contributed by atoms with van der Waals surface area (Å²) in [4.78, 5) is 12.2. The third kappa shape index (κ3) is 3.56. The minimum Gasteiger partial charge on any atom is -0.508 e. The van der Waals surface area contributed by atoms with Crippen LogP contribution in [0.1, 0.15) is 16.2 Å². The normalized spacial score (nSPS) is 11.3. The number of halogens is 1. The molecule has 0 saturated carbocycles. The molecule has 0 atom stereocenters. The Bertz CT molecular complexity index is 1140. The van der Waals surface area contributed by atoms with E-state index < -0.39 is 5.91 Å². The highest BCUT2D eigenvalue weighted by Gasteiger charge is 2.12. The van der Waals surface area contributed by atoms with Crippen molar-refractivity contribution < 1.29 is 14.3 Å². The van der Waals surface area contributed by atoms with Crippen LogP contribution >= 0.6 is 11.6 Å². The summed E-state index contributed by atoms with van der Waals surface area (Å²) in [6.45, 7) is 0. The van der Waals surface area contributed by atoms with Gasteiger partial charge in [0.25, 0.3) is 0 Å². The molecule has 27 heavy (non-hydrogen) atoms. The van der Waals surface area contributed by atoms with E-state index in [4.69, 9.17) is 16.0 Å². The lowest BCUT2D eigenvalue weighted by molar-refractivity contribution is 0.0929. The first kappa shape index (κ1) is 16.9. The molecule has 0 radical (unpaired) electrons. The van der Waals surface area contributed by atoms with E-state index in [0.29, 0.717) is 10.6 Å². The van der Waals surface area contributed by atoms with Gasteiger partial charge >= 0.3 is 5.91 Å². The number of hydrogen-bond donors (Lipinski definition) is 2. The van der Waals surface area contributed by atoms with Crippen LogP contribution in [-0.4, -0.2) is 21.8 Å². The average molecular weight is 380 g/mol. The summed E-state index contributed by atoms with van der Waals surface area (Å²) < 4.78 is 7.38. The third-order valence-electron chi connectivity index (χ3n) is 3.97. The molecule has 0 unspecified atom stereocenters. The minimum absolute atomic E-state index is 0.151. The lowest BCUT2D eigenvalue weighted by atomic mass is 10.2. The highest BCUT2D eigenvalue weighted by Crippen LogP contribution is 2.23. The number of furan rings is 1. The summed E-state index contributed by atoms with van der Waals surface area (Å²) in [5, 5.41) is 14.7. The zero-order valence-corrected chi connectivity index (χ0v) is 14.7.